The van der Waals surface area contributed by atoms with Crippen molar-refractivity contribution in [2.75, 3.05) is 43.1 Å². The minimum absolute atomic E-state index is 0.0393. The van der Waals surface area contributed by atoms with Crippen molar-refractivity contribution in [2.24, 2.45) is 0 Å². The lowest BCUT2D eigenvalue weighted by Crippen LogP contribution is -2.37. The van der Waals surface area contributed by atoms with E-state index >= 15 is 4.39 Å². The summed E-state index contributed by atoms with van der Waals surface area (Å²) in [4.78, 5) is 27.2. The number of carbonyl (C=O) groups excluding carboxylic acids is 2. The number of cyclic esters (lactones) is 1. The quantitative estimate of drug-likeness (QED) is 0.359. The smallest absolute Gasteiger partial charge is 0.414 e. The van der Waals surface area contributed by atoms with E-state index in [2.05, 4.69) is 5.16 Å². The minimum atomic E-state index is -3.19. The second-order valence-electron chi connectivity index (χ2n) is 7.85. The highest BCUT2D eigenvalue weighted by molar-refractivity contribution is 5.90. The van der Waals surface area contributed by atoms with Crippen LogP contribution in [0.15, 0.2) is 47.5 Å². The van der Waals surface area contributed by atoms with E-state index in [9.17, 15) is 28.6 Å². The zero-order valence-electron chi connectivity index (χ0n) is 19.3. The number of aliphatic hydroxyl groups excluding tert-OH is 2. The van der Waals surface area contributed by atoms with Gasteiger partial charge in [0.2, 0.25) is 0 Å². The van der Waals surface area contributed by atoms with Crippen LogP contribution in [0.25, 0.3) is 0 Å². The molecule has 0 bridgehead atoms. The van der Waals surface area contributed by atoms with Gasteiger partial charge in [0.1, 0.15) is 24.4 Å². The van der Waals surface area contributed by atoms with E-state index in [0.717, 1.165) is 11.0 Å². The summed E-state index contributed by atoms with van der Waals surface area (Å²) in [5, 5.41) is 25.4. The average Bonchev–Trinajstić information content (AvgIpc) is 3.49. The highest BCUT2D eigenvalue weighted by Crippen LogP contribution is 2.28. The first-order valence-corrected chi connectivity index (χ1v) is 10.9. The molecule has 2 amide bonds. The van der Waals surface area contributed by atoms with E-state index in [0.29, 0.717) is 5.69 Å². The largest absolute Gasteiger partial charge is 0.442 e. The van der Waals surface area contributed by atoms with Gasteiger partial charge in [0.15, 0.2) is 0 Å². The van der Waals surface area contributed by atoms with Crippen LogP contribution in [-0.2, 0) is 16.0 Å². The first-order chi connectivity index (χ1) is 17.2. The molecule has 14 heteroatoms. The van der Waals surface area contributed by atoms with Gasteiger partial charge >= 0.3 is 12.5 Å². The van der Waals surface area contributed by atoms with Crippen molar-refractivity contribution in [2.45, 2.75) is 25.2 Å². The topological polar surface area (TPSA) is 132 Å². The molecular formula is C22H26F3N5O6. The molecule has 0 saturated carbocycles. The van der Waals surface area contributed by atoms with Gasteiger partial charge in [-0.05, 0) is 18.2 Å². The normalized spacial score (nSPS) is 16.5. The van der Waals surface area contributed by atoms with Crippen molar-refractivity contribution in [3.8, 4) is 0 Å². The SMILES string of the molecule is CN(/C=C\N(CCO)c1ccc(N2C[C@H](CNC(=O)C(F)F)OC2=O)cc1F)C(O)Cc1ccon1. The number of amides is 2. The van der Waals surface area contributed by atoms with Crippen molar-refractivity contribution >= 4 is 23.4 Å². The number of alkyl halides is 2. The Hall–Kier alpha value is -3.78. The lowest BCUT2D eigenvalue weighted by molar-refractivity contribution is -0.132. The summed E-state index contributed by atoms with van der Waals surface area (Å²) in [5.74, 6) is -2.19. The zero-order chi connectivity index (χ0) is 26.2. The molecule has 2 aromatic rings. The maximum atomic E-state index is 15.0. The van der Waals surface area contributed by atoms with Gasteiger partial charge in [0.05, 0.1) is 36.8 Å². The van der Waals surface area contributed by atoms with Crippen LogP contribution >= 0.6 is 0 Å². The Labute approximate surface area is 204 Å². The van der Waals surface area contributed by atoms with Gasteiger partial charge in [-0.1, -0.05) is 5.16 Å². The van der Waals surface area contributed by atoms with Crippen LogP contribution in [0.4, 0.5) is 29.3 Å². The highest BCUT2D eigenvalue weighted by Gasteiger charge is 2.33. The standard InChI is InChI=1S/C22H26F3N5O6/c1-28(19(32)10-14-4-9-35-27-14)5-6-29(7-8-31)18-3-2-15(11-17(18)23)30-13-16(36-22(30)34)12-26-21(33)20(24)25/h2-6,9,11,16,19-20,31-32H,7-8,10,12-13H2,1H3,(H,26,33)/b6-5-/t16-,19?/m0/s1. The maximum Gasteiger partial charge on any atom is 0.414 e. The third-order valence-electron chi connectivity index (χ3n) is 5.30. The van der Waals surface area contributed by atoms with E-state index < -0.39 is 36.6 Å². The van der Waals surface area contributed by atoms with Crippen molar-refractivity contribution in [1.29, 1.82) is 0 Å². The molecule has 3 rings (SSSR count). The number of nitrogens with one attached hydrogen (secondary N) is 1. The summed E-state index contributed by atoms with van der Waals surface area (Å²) in [7, 11) is 1.61. The van der Waals surface area contributed by atoms with Crippen LogP contribution in [0.3, 0.4) is 0 Å². The number of benzene rings is 1. The van der Waals surface area contributed by atoms with E-state index in [1.54, 1.807) is 13.1 Å². The van der Waals surface area contributed by atoms with E-state index in [1.807, 2.05) is 5.32 Å². The number of halogens is 3. The summed E-state index contributed by atoms with van der Waals surface area (Å²) >= 11 is 0. The number of hydrogen-bond acceptors (Lipinski definition) is 9. The fraction of sp³-hybridized carbons (Fsp3) is 0.409. The van der Waals surface area contributed by atoms with Crippen LogP contribution in [0.5, 0.6) is 0 Å². The Morgan fingerprint density at radius 1 is 1.36 bits per heavy atom. The fourth-order valence-electron chi connectivity index (χ4n) is 3.37. The molecule has 1 aliphatic rings. The number of hydrogen-bond donors (Lipinski definition) is 3. The molecule has 36 heavy (non-hydrogen) atoms. The molecule has 2 heterocycles. The third kappa shape index (κ3) is 6.88. The minimum Gasteiger partial charge on any atom is -0.442 e. The van der Waals surface area contributed by atoms with Crippen LogP contribution in [0.1, 0.15) is 5.69 Å². The predicted octanol–water partition coefficient (Wildman–Crippen LogP) is 1.28. The molecule has 1 aromatic carbocycles. The van der Waals surface area contributed by atoms with E-state index in [-0.39, 0.29) is 44.0 Å². The second kappa shape index (κ2) is 12.3. The number of rotatable bonds is 12. The Bertz CT molecular complexity index is 1050. The number of nitrogens with zero attached hydrogens (tertiary/aromatic N) is 4. The van der Waals surface area contributed by atoms with E-state index in [1.165, 1.54) is 40.6 Å². The molecule has 1 aliphatic heterocycles. The summed E-state index contributed by atoms with van der Waals surface area (Å²) < 4.78 is 49.4. The lowest BCUT2D eigenvalue weighted by Gasteiger charge is -2.25. The molecule has 3 N–H and O–H groups in total. The number of aliphatic hydroxyl groups is 2. The Balaban J connectivity index is 1.66. The molecule has 1 saturated heterocycles. The Kier molecular flexibility index (Phi) is 9.13. The molecule has 2 atom stereocenters. The number of anilines is 2. The van der Waals surface area contributed by atoms with Crippen molar-refractivity contribution < 1.29 is 42.2 Å². The fourth-order valence-corrected chi connectivity index (χ4v) is 3.37. The average molecular weight is 513 g/mol. The second-order valence-corrected chi connectivity index (χ2v) is 7.85. The van der Waals surface area contributed by atoms with Crippen LogP contribution in [0, 0.1) is 5.82 Å². The molecule has 1 fully saturated rings. The summed E-state index contributed by atoms with van der Waals surface area (Å²) in [5.41, 5.74) is 0.810. The predicted molar refractivity (Wildman–Crippen MR) is 121 cm³/mol. The number of carbonyl (C=O) groups is 2. The van der Waals surface area contributed by atoms with Gasteiger partial charge < -0.3 is 34.6 Å². The molecule has 0 spiro atoms. The van der Waals surface area contributed by atoms with Gasteiger partial charge in [-0.15, -0.1) is 0 Å². The molecule has 1 aromatic heterocycles. The van der Waals surface area contributed by atoms with E-state index in [4.69, 9.17) is 9.26 Å². The van der Waals surface area contributed by atoms with Gasteiger partial charge in [-0.3, -0.25) is 9.69 Å². The van der Waals surface area contributed by atoms with Crippen molar-refractivity contribution in [3.05, 3.63) is 54.4 Å². The van der Waals surface area contributed by atoms with Gasteiger partial charge in [0.25, 0.3) is 5.91 Å². The van der Waals surface area contributed by atoms with Crippen molar-refractivity contribution in [1.82, 2.24) is 15.4 Å². The highest BCUT2D eigenvalue weighted by atomic mass is 19.3. The number of aromatic nitrogens is 1. The summed E-state index contributed by atoms with van der Waals surface area (Å²) in [6, 6.07) is 5.57. The van der Waals surface area contributed by atoms with Crippen LogP contribution < -0.4 is 15.1 Å². The molecule has 196 valence electrons. The number of likely N-dealkylation sites (N-methyl/N-ethyl adjacent to an activating group) is 1. The van der Waals surface area contributed by atoms with Crippen molar-refractivity contribution in [3.63, 3.8) is 0 Å². The zero-order valence-corrected chi connectivity index (χ0v) is 19.3. The molecule has 0 radical (unpaired) electrons. The molecule has 11 nitrogen and oxygen atoms in total. The van der Waals surface area contributed by atoms with Crippen LogP contribution in [0.2, 0.25) is 0 Å². The Morgan fingerprint density at radius 3 is 2.78 bits per heavy atom. The third-order valence-corrected chi connectivity index (χ3v) is 5.30. The lowest BCUT2D eigenvalue weighted by atomic mass is 10.2. The van der Waals surface area contributed by atoms with Gasteiger partial charge in [-0.2, -0.15) is 8.78 Å². The number of ether oxygens (including phenoxy) is 1. The molecule has 1 unspecified atom stereocenters. The summed E-state index contributed by atoms with van der Waals surface area (Å²) in [6.45, 7) is -0.633. The Morgan fingerprint density at radius 2 is 2.14 bits per heavy atom. The van der Waals surface area contributed by atoms with Crippen LogP contribution in [-0.4, -0.2) is 84.3 Å². The first kappa shape index (κ1) is 26.8. The molecule has 0 aliphatic carbocycles. The summed E-state index contributed by atoms with van der Waals surface area (Å²) in [6.07, 6.45) is -1.25. The monoisotopic (exact) mass is 513 g/mol. The maximum absolute atomic E-state index is 15.0. The molecular weight excluding hydrogens is 487 g/mol. The van der Waals surface area contributed by atoms with Gasteiger partial charge in [0, 0.05) is 38.5 Å². The van der Waals surface area contributed by atoms with Gasteiger partial charge in [-0.25, -0.2) is 9.18 Å². The first-order valence-electron chi connectivity index (χ1n) is 10.9.